The molecule has 1 saturated heterocycles. The van der Waals surface area contributed by atoms with Crippen molar-refractivity contribution in [2.75, 3.05) is 13.2 Å². The maximum absolute atomic E-state index is 9.15. The maximum Gasteiger partial charge on any atom is 0.116 e. The van der Waals surface area contributed by atoms with Gasteiger partial charge in [-0.25, -0.2) is 0 Å². The molecule has 1 aliphatic rings. The van der Waals surface area contributed by atoms with Crippen LogP contribution in [0.1, 0.15) is 19.6 Å². The average molecular weight is 191 g/mol. The van der Waals surface area contributed by atoms with Gasteiger partial charge in [0.25, 0.3) is 0 Å². The fraction of sp³-hybridized carbons (Fsp3) is 0.545. The molecule has 1 aliphatic heterocycles. The Hall–Kier alpha value is -1.27. The molecular formula is C11H13NO2. The van der Waals surface area contributed by atoms with Crippen LogP contribution in [-0.4, -0.2) is 13.2 Å². The first-order valence-electron chi connectivity index (χ1n) is 4.65. The number of hydrogen-bond donors (Lipinski definition) is 0. The Labute approximate surface area is 83.3 Å². The summed E-state index contributed by atoms with van der Waals surface area (Å²) >= 11 is 0. The first-order chi connectivity index (χ1) is 6.62. The standard InChI is InChI=1S/C11H13NO2/c1-10(2,6-12)11(7-13-8-11)9-4-3-5-14-9/h3-5H,7-8H2,1-2H3. The monoisotopic (exact) mass is 191 g/mol. The van der Waals surface area contributed by atoms with Gasteiger partial charge in [0.15, 0.2) is 0 Å². The van der Waals surface area contributed by atoms with Crippen LogP contribution < -0.4 is 0 Å². The van der Waals surface area contributed by atoms with E-state index in [4.69, 9.17) is 14.4 Å². The van der Waals surface area contributed by atoms with Crippen molar-refractivity contribution in [3.63, 3.8) is 0 Å². The van der Waals surface area contributed by atoms with E-state index in [0.29, 0.717) is 13.2 Å². The quantitative estimate of drug-likeness (QED) is 0.719. The number of hydrogen-bond acceptors (Lipinski definition) is 3. The minimum Gasteiger partial charge on any atom is -0.469 e. The Morgan fingerprint density at radius 1 is 1.50 bits per heavy atom. The van der Waals surface area contributed by atoms with Crippen molar-refractivity contribution in [1.29, 1.82) is 5.26 Å². The smallest absolute Gasteiger partial charge is 0.116 e. The van der Waals surface area contributed by atoms with Gasteiger partial charge in [-0.2, -0.15) is 5.26 Å². The second-order valence-electron chi connectivity index (χ2n) is 4.29. The van der Waals surface area contributed by atoms with Crippen molar-refractivity contribution in [2.45, 2.75) is 19.3 Å². The van der Waals surface area contributed by atoms with E-state index in [-0.39, 0.29) is 5.41 Å². The number of furan rings is 1. The molecule has 3 nitrogen and oxygen atoms in total. The summed E-state index contributed by atoms with van der Waals surface area (Å²) in [6.07, 6.45) is 1.64. The Kier molecular flexibility index (Phi) is 1.90. The minimum absolute atomic E-state index is 0.259. The van der Waals surface area contributed by atoms with Gasteiger partial charge in [-0.3, -0.25) is 0 Å². The summed E-state index contributed by atoms with van der Waals surface area (Å²) in [5.41, 5.74) is -0.714. The van der Waals surface area contributed by atoms with E-state index in [1.165, 1.54) is 0 Å². The molecule has 0 aliphatic carbocycles. The van der Waals surface area contributed by atoms with E-state index < -0.39 is 5.41 Å². The van der Waals surface area contributed by atoms with Gasteiger partial charge in [0, 0.05) is 0 Å². The van der Waals surface area contributed by atoms with Crippen molar-refractivity contribution in [3.8, 4) is 6.07 Å². The molecular weight excluding hydrogens is 178 g/mol. The highest BCUT2D eigenvalue weighted by atomic mass is 16.5. The van der Waals surface area contributed by atoms with Gasteiger partial charge in [0.2, 0.25) is 0 Å². The fourth-order valence-corrected chi connectivity index (χ4v) is 1.78. The van der Waals surface area contributed by atoms with Gasteiger partial charge in [0.05, 0.1) is 36.4 Å². The van der Waals surface area contributed by atoms with Crippen LogP contribution in [0.25, 0.3) is 0 Å². The lowest BCUT2D eigenvalue weighted by atomic mass is 9.63. The van der Waals surface area contributed by atoms with E-state index in [0.717, 1.165) is 5.76 Å². The number of ether oxygens (including phenoxy) is 1. The summed E-state index contributed by atoms with van der Waals surface area (Å²) in [6, 6.07) is 6.10. The Balaban J connectivity index is 2.42. The lowest BCUT2D eigenvalue weighted by molar-refractivity contribution is -0.112. The van der Waals surface area contributed by atoms with Gasteiger partial charge < -0.3 is 9.15 Å². The first-order valence-corrected chi connectivity index (χ1v) is 4.65. The zero-order valence-corrected chi connectivity index (χ0v) is 8.41. The van der Waals surface area contributed by atoms with E-state index in [2.05, 4.69) is 6.07 Å². The van der Waals surface area contributed by atoms with Gasteiger partial charge in [0.1, 0.15) is 5.76 Å². The Bertz CT molecular complexity index is 355. The minimum atomic E-state index is -0.455. The molecule has 14 heavy (non-hydrogen) atoms. The Morgan fingerprint density at radius 3 is 2.57 bits per heavy atom. The third kappa shape index (κ3) is 1.01. The van der Waals surface area contributed by atoms with Crippen molar-refractivity contribution in [1.82, 2.24) is 0 Å². The zero-order chi connectivity index (χ0) is 10.2. The normalized spacial score (nSPS) is 19.8. The highest BCUT2D eigenvalue weighted by Gasteiger charge is 2.54. The van der Waals surface area contributed by atoms with E-state index in [1.54, 1.807) is 6.26 Å². The lowest BCUT2D eigenvalue weighted by Crippen LogP contribution is -2.56. The van der Waals surface area contributed by atoms with Crippen LogP contribution in [0.4, 0.5) is 0 Å². The molecule has 0 N–H and O–H groups in total. The van der Waals surface area contributed by atoms with E-state index in [9.17, 15) is 0 Å². The Morgan fingerprint density at radius 2 is 2.21 bits per heavy atom. The van der Waals surface area contributed by atoms with Crippen LogP contribution in [0, 0.1) is 16.7 Å². The van der Waals surface area contributed by atoms with Crippen LogP contribution in [0.15, 0.2) is 22.8 Å². The SMILES string of the molecule is CC(C)(C#N)C1(c2ccco2)COC1. The molecule has 0 amide bonds. The van der Waals surface area contributed by atoms with Crippen molar-refractivity contribution in [3.05, 3.63) is 24.2 Å². The molecule has 0 spiro atoms. The highest BCUT2D eigenvalue weighted by molar-refractivity contribution is 5.26. The second-order valence-corrected chi connectivity index (χ2v) is 4.29. The molecule has 1 fully saturated rings. The van der Waals surface area contributed by atoms with Gasteiger partial charge in [-0.05, 0) is 26.0 Å². The summed E-state index contributed by atoms with van der Waals surface area (Å²) in [4.78, 5) is 0. The largest absolute Gasteiger partial charge is 0.469 e. The van der Waals surface area contributed by atoms with Crippen molar-refractivity contribution >= 4 is 0 Å². The van der Waals surface area contributed by atoms with E-state index in [1.807, 2.05) is 26.0 Å². The third-order valence-corrected chi connectivity index (χ3v) is 3.17. The molecule has 0 saturated carbocycles. The molecule has 0 aromatic carbocycles. The van der Waals surface area contributed by atoms with Crippen LogP contribution in [0.2, 0.25) is 0 Å². The summed E-state index contributed by atoms with van der Waals surface area (Å²) < 4.78 is 10.6. The lowest BCUT2D eigenvalue weighted by Gasteiger charge is -2.47. The number of nitrogens with zero attached hydrogens (tertiary/aromatic N) is 1. The summed E-state index contributed by atoms with van der Waals surface area (Å²) in [5, 5.41) is 9.15. The van der Waals surface area contributed by atoms with Gasteiger partial charge >= 0.3 is 0 Å². The maximum atomic E-state index is 9.15. The molecule has 0 unspecified atom stereocenters. The fourth-order valence-electron chi connectivity index (χ4n) is 1.78. The van der Waals surface area contributed by atoms with Gasteiger partial charge in [-0.15, -0.1) is 0 Å². The first kappa shape index (κ1) is 9.29. The van der Waals surface area contributed by atoms with Gasteiger partial charge in [-0.1, -0.05) is 0 Å². The third-order valence-electron chi connectivity index (χ3n) is 3.17. The molecule has 3 heteroatoms. The predicted molar refractivity (Wildman–Crippen MR) is 50.6 cm³/mol. The average Bonchev–Trinajstić information content (AvgIpc) is 2.55. The zero-order valence-electron chi connectivity index (χ0n) is 8.41. The number of rotatable bonds is 2. The summed E-state index contributed by atoms with van der Waals surface area (Å²) in [7, 11) is 0. The summed E-state index contributed by atoms with van der Waals surface area (Å²) in [5.74, 6) is 0.857. The highest BCUT2D eigenvalue weighted by Crippen LogP contribution is 2.46. The molecule has 0 bridgehead atoms. The molecule has 1 aromatic rings. The van der Waals surface area contributed by atoms with Crippen LogP contribution >= 0.6 is 0 Å². The molecule has 74 valence electrons. The van der Waals surface area contributed by atoms with Crippen LogP contribution in [0.5, 0.6) is 0 Å². The van der Waals surface area contributed by atoms with Crippen molar-refractivity contribution in [2.24, 2.45) is 5.41 Å². The van der Waals surface area contributed by atoms with Crippen LogP contribution in [-0.2, 0) is 10.2 Å². The van der Waals surface area contributed by atoms with E-state index >= 15 is 0 Å². The van der Waals surface area contributed by atoms with Crippen LogP contribution in [0.3, 0.4) is 0 Å². The molecule has 0 radical (unpaired) electrons. The number of nitriles is 1. The molecule has 0 atom stereocenters. The topological polar surface area (TPSA) is 46.2 Å². The predicted octanol–water partition coefficient (Wildman–Crippen LogP) is 2.10. The molecule has 2 heterocycles. The molecule has 1 aromatic heterocycles. The second kappa shape index (κ2) is 2.86. The van der Waals surface area contributed by atoms with Crippen molar-refractivity contribution < 1.29 is 9.15 Å². The summed E-state index contributed by atoms with van der Waals surface area (Å²) in [6.45, 7) is 5.00. The molecule has 2 rings (SSSR count).